The Bertz CT molecular complexity index is 1080. The summed E-state index contributed by atoms with van der Waals surface area (Å²) < 4.78 is 11.0. The van der Waals surface area contributed by atoms with Crippen molar-refractivity contribution in [2.24, 2.45) is 0 Å². The van der Waals surface area contributed by atoms with Gasteiger partial charge in [0, 0.05) is 39.0 Å². The van der Waals surface area contributed by atoms with Crippen LogP contribution in [-0.2, 0) is 24.1 Å². The Morgan fingerprint density at radius 1 is 0.972 bits per heavy atom. The van der Waals surface area contributed by atoms with E-state index < -0.39 is 0 Å². The van der Waals surface area contributed by atoms with E-state index in [1.807, 2.05) is 12.1 Å². The third-order valence-electron chi connectivity index (χ3n) is 7.06. The number of nitrogens with one attached hydrogen (secondary N) is 1. The highest BCUT2D eigenvalue weighted by Gasteiger charge is 2.24. The lowest BCUT2D eigenvalue weighted by atomic mass is 9.79. The molecule has 1 unspecified atom stereocenters. The summed E-state index contributed by atoms with van der Waals surface area (Å²) in [5.74, 6) is 1.77. The molecule has 0 amide bonds. The van der Waals surface area contributed by atoms with E-state index in [0.29, 0.717) is 18.3 Å². The van der Waals surface area contributed by atoms with Gasteiger partial charge in [0.1, 0.15) is 18.1 Å². The maximum Gasteiger partial charge on any atom is 0.119 e. The molecule has 5 heteroatoms. The number of hydrogen-bond donors (Lipinski definition) is 2. The van der Waals surface area contributed by atoms with E-state index in [0.717, 1.165) is 64.2 Å². The molecule has 5 nitrogen and oxygen atoms in total. The first-order chi connectivity index (χ1) is 17.7. The van der Waals surface area contributed by atoms with E-state index >= 15 is 0 Å². The van der Waals surface area contributed by atoms with E-state index in [2.05, 4.69) is 71.7 Å². The molecule has 0 heterocycles. The fourth-order valence-electron chi connectivity index (χ4n) is 5.11. The Labute approximate surface area is 216 Å². The highest BCUT2D eigenvalue weighted by molar-refractivity contribution is 5.56. The van der Waals surface area contributed by atoms with Gasteiger partial charge >= 0.3 is 0 Å². The predicted molar refractivity (Wildman–Crippen MR) is 147 cm³/mol. The summed E-state index contributed by atoms with van der Waals surface area (Å²) in [4.78, 5) is 2.47. The molecule has 3 aromatic rings. The summed E-state index contributed by atoms with van der Waals surface area (Å²) in [5, 5.41) is 13.2. The molecule has 0 saturated carbocycles. The third-order valence-corrected chi connectivity index (χ3v) is 7.06. The number of anilines is 1. The lowest BCUT2D eigenvalue weighted by Gasteiger charge is -2.31. The molecule has 0 aliphatic heterocycles. The SMILES string of the molecule is CCN(Cc1ccc(OCCNCCCOC)cc1)c1ccccc1C1CCc2cc(O)ccc2C1. The number of benzene rings is 3. The van der Waals surface area contributed by atoms with Crippen LogP contribution in [0.1, 0.15) is 47.9 Å². The molecule has 3 aromatic carbocycles. The summed E-state index contributed by atoms with van der Waals surface area (Å²) in [6.45, 7) is 7.26. The molecule has 0 radical (unpaired) electrons. The maximum absolute atomic E-state index is 9.85. The van der Waals surface area contributed by atoms with Crippen molar-refractivity contribution < 1.29 is 14.6 Å². The molecule has 36 heavy (non-hydrogen) atoms. The van der Waals surface area contributed by atoms with Crippen LogP contribution in [0.4, 0.5) is 5.69 Å². The van der Waals surface area contributed by atoms with Crippen molar-refractivity contribution in [3.63, 3.8) is 0 Å². The van der Waals surface area contributed by atoms with Gasteiger partial charge in [0.25, 0.3) is 0 Å². The first-order valence-electron chi connectivity index (χ1n) is 13.2. The second-order valence-electron chi connectivity index (χ2n) is 9.55. The number of phenols is 1. The van der Waals surface area contributed by atoms with Crippen LogP contribution in [0.15, 0.2) is 66.7 Å². The Hall–Kier alpha value is -3.02. The van der Waals surface area contributed by atoms with Crippen LogP contribution in [-0.4, -0.2) is 45.1 Å². The van der Waals surface area contributed by atoms with E-state index in [9.17, 15) is 5.11 Å². The van der Waals surface area contributed by atoms with Crippen molar-refractivity contribution in [3.8, 4) is 11.5 Å². The minimum absolute atomic E-state index is 0.371. The van der Waals surface area contributed by atoms with Gasteiger partial charge in [0.15, 0.2) is 0 Å². The van der Waals surface area contributed by atoms with Crippen LogP contribution in [0.5, 0.6) is 11.5 Å². The fourth-order valence-corrected chi connectivity index (χ4v) is 5.11. The number of phenolic OH excluding ortho intramolecular Hbond substituents is 1. The maximum atomic E-state index is 9.85. The van der Waals surface area contributed by atoms with Crippen molar-refractivity contribution in [3.05, 3.63) is 89.0 Å². The molecule has 4 rings (SSSR count). The number of ether oxygens (including phenoxy) is 2. The molecule has 1 aliphatic carbocycles. The minimum atomic E-state index is 0.371. The highest BCUT2D eigenvalue weighted by atomic mass is 16.5. The van der Waals surface area contributed by atoms with E-state index in [1.165, 1.54) is 27.9 Å². The zero-order valence-electron chi connectivity index (χ0n) is 21.7. The Morgan fingerprint density at radius 2 is 1.81 bits per heavy atom. The van der Waals surface area contributed by atoms with Gasteiger partial charge in [0.05, 0.1) is 0 Å². The zero-order valence-corrected chi connectivity index (χ0v) is 21.7. The summed E-state index contributed by atoms with van der Waals surface area (Å²) in [6.07, 6.45) is 4.16. The van der Waals surface area contributed by atoms with Gasteiger partial charge in [-0.05, 0) is 97.7 Å². The number of aryl methyl sites for hydroxylation is 1. The first kappa shape index (κ1) is 26.1. The van der Waals surface area contributed by atoms with Crippen LogP contribution in [0.25, 0.3) is 0 Å². The van der Waals surface area contributed by atoms with Crippen LogP contribution in [0.3, 0.4) is 0 Å². The lowest BCUT2D eigenvalue weighted by molar-refractivity contribution is 0.193. The largest absolute Gasteiger partial charge is 0.508 e. The van der Waals surface area contributed by atoms with Gasteiger partial charge in [-0.2, -0.15) is 0 Å². The van der Waals surface area contributed by atoms with Crippen LogP contribution in [0.2, 0.25) is 0 Å². The van der Waals surface area contributed by atoms with Crippen molar-refractivity contribution in [2.45, 2.75) is 45.1 Å². The average molecular weight is 489 g/mol. The van der Waals surface area contributed by atoms with Crippen LogP contribution in [0, 0.1) is 0 Å². The van der Waals surface area contributed by atoms with Crippen LogP contribution >= 0.6 is 0 Å². The molecular formula is C31H40N2O3. The van der Waals surface area contributed by atoms with Gasteiger partial charge in [0.2, 0.25) is 0 Å². The number of rotatable bonds is 13. The van der Waals surface area contributed by atoms with Gasteiger partial charge in [-0.25, -0.2) is 0 Å². The average Bonchev–Trinajstić information content (AvgIpc) is 2.91. The molecule has 0 saturated heterocycles. The Kier molecular flexibility index (Phi) is 9.65. The monoisotopic (exact) mass is 488 g/mol. The number of methoxy groups -OCH3 is 1. The topological polar surface area (TPSA) is 54.0 Å². The summed E-state index contributed by atoms with van der Waals surface area (Å²) in [6, 6.07) is 23.2. The second-order valence-corrected chi connectivity index (χ2v) is 9.55. The first-order valence-corrected chi connectivity index (χ1v) is 13.2. The summed E-state index contributed by atoms with van der Waals surface area (Å²) in [5.41, 5.74) is 6.69. The van der Waals surface area contributed by atoms with Gasteiger partial charge in [-0.3, -0.25) is 0 Å². The quantitative estimate of drug-likeness (QED) is 0.303. The number of hydrogen-bond acceptors (Lipinski definition) is 5. The fraction of sp³-hybridized carbons (Fsp3) is 0.419. The van der Waals surface area contributed by atoms with Crippen molar-refractivity contribution in [1.82, 2.24) is 5.32 Å². The van der Waals surface area contributed by atoms with E-state index in [-0.39, 0.29) is 0 Å². The summed E-state index contributed by atoms with van der Waals surface area (Å²) in [7, 11) is 1.73. The van der Waals surface area contributed by atoms with E-state index in [4.69, 9.17) is 9.47 Å². The molecule has 0 fully saturated rings. The number of fused-ring (bicyclic) bond motifs is 1. The van der Waals surface area contributed by atoms with Gasteiger partial charge in [-0.1, -0.05) is 36.4 Å². The molecule has 192 valence electrons. The second kappa shape index (κ2) is 13.3. The Balaban J connectivity index is 1.36. The molecule has 0 spiro atoms. The van der Waals surface area contributed by atoms with E-state index in [1.54, 1.807) is 7.11 Å². The van der Waals surface area contributed by atoms with Crippen LogP contribution < -0.4 is 15.0 Å². The molecule has 0 bridgehead atoms. The Morgan fingerprint density at radius 3 is 2.61 bits per heavy atom. The molecular weight excluding hydrogens is 448 g/mol. The lowest BCUT2D eigenvalue weighted by Crippen LogP contribution is -2.25. The van der Waals surface area contributed by atoms with Gasteiger partial charge in [-0.15, -0.1) is 0 Å². The molecule has 1 atom stereocenters. The van der Waals surface area contributed by atoms with Gasteiger partial charge < -0.3 is 24.8 Å². The smallest absolute Gasteiger partial charge is 0.119 e. The molecule has 2 N–H and O–H groups in total. The summed E-state index contributed by atoms with van der Waals surface area (Å²) >= 11 is 0. The normalized spacial score (nSPS) is 14.9. The number of nitrogens with zero attached hydrogens (tertiary/aromatic N) is 1. The third kappa shape index (κ3) is 7.02. The number of para-hydroxylation sites is 1. The molecule has 1 aliphatic rings. The minimum Gasteiger partial charge on any atom is -0.508 e. The predicted octanol–water partition coefficient (Wildman–Crippen LogP) is 5.70. The molecule has 0 aromatic heterocycles. The zero-order chi connectivity index (χ0) is 25.2. The highest BCUT2D eigenvalue weighted by Crippen LogP contribution is 2.38. The van der Waals surface area contributed by atoms with Crippen molar-refractivity contribution in [2.75, 3.05) is 44.9 Å². The van der Waals surface area contributed by atoms with Crippen molar-refractivity contribution >= 4 is 5.69 Å². The van der Waals surface area contributed by atoms with Crippen molar-refractivity contribution in [1.29, 1.82) is 0 Å². The standard InChI is InChI=1S/C31H40N2O3/c1-3-33(23-24-9-15-29(16-10-24)36-20-18-32-17-6-19-35-2)31-8-5-4-7-30(31)27-12-11-26-22-28(34)14-13-25(26)21-27/h4-5,7-10,13-16,22,27,32,34H,3,6,11-12,17-21,23H2,1-2H3. The number of aromatic hydroxyl groups is 1.